The van der Waals surface area contributed by atoms with Gasteiger partial charge in [-0.3, -0.25) is 18.2 Å². The first-order valence-corrected chi connectivity index (χ1v) is 27.2. The van der Waals surface area contributed by atoms with Crippen LogP contribution in [0.2, 0.25) is 0 Å². The average Bonchev–Trinajstić information content (AvgIpc) is 3.27. The van der Waals surface area contributed by atoms with Gasteiger partial charge in [-0.05, 0) is 13.8 Å². The molecule has 434 valence electrons. The number of hydrogen-bond acceptors (Lipinski definition) is 31. The summed E-state index contributed by atoms with van der Waals surface area (Å²) in [5, 5.41) is 90.0. The van der Waals surface area contributed by atoms with Gasteiger partial charge in [-0.25, -0.2) is 26.8 Å². The first-order valence-electron chi connectivity index (χ1n) is 21.7. The largest absolute Gasteiger partial charge is 0.479 e. The highest BCUT2D eigenvalue weighted by Crippen LogP contribution is 2.40. The maximum Gasteiger partial charge on any atom is 0.397 e. The van der Waals surface area contributed by atoms with Crippen LogP contribution in [0.3, 0.4) is 0 Å². The standard InChI is InChI=1S/C34H58O36S4/c1-9-12(4)59-15(7-57-72(47,48)49)25(18(9)36)64-34-28(69-74(53,54)55)22(40)24(13(5)60-34)63-32-11(3)23(68-70-43)26(16(62-32)8-58-73(50,51)52)65-33-21(39)20(38)27(29(67-33)30(41)42)66-31-10(2)17(35)19(37)14(61-31)6-56-71(44,45)46/h9-29,31-40,43H,6-8H2,1-5H3,(H,41,42)(H,44,45,46)(H,47,48,49)(H,50,51,52)(H,53,54,55)/t9?,10?,11?,12-,13+,14?,15?,16?,17-,18-,19-,20-,21?,22?,23-,24-,25-,26-,27+,28?,29?,31-,32-,33-,34+/m1/s1. The molecule has 36 nitrogen and oxygen atoms in total. The molecule has 40 heteroatoms. The third-order valence-corrected chi connectivity index (χ3v) is 14.3. The highest BCUT2D eigenvalue weighted by atomic mass is 32.3. The van der Waals surface area contributed by atoms with Gasteiger partial charge in [0.15, 0.2) is 37.4 Å². The molecule has 0 bridgehead atoms. The summed E-state index contributed by atoms with van der Waals surface area (Å²) in [6, 6.07) is 0. The van der Waals surface area contributed by atoms with Gasteiger partial charge in [0.1, 0.15) is 73.2 Å². The SMILES string of the molecule is CC1[C@@H](O[C@@H]2C(C(=O)O)O[C@@H](O[C@@H]3C(COS(=O)(=O)O)O[C@H](O[C@H]4C(O)C(OS(=O)(=O)O)[C@H](O[C@@H]5C(COS(=O)(=O)O)O[C@H](C)C(C)[C@H]5O)O[C@H]4C)C(C)[C@H]3OOO)C(O)[C@H]2O)OC(COS(=O)(=O)O)[C@@H](O)[C@@H]1O. The van der Waals surface area contributed by atoms with Crippen molar-refractivity contribution in [3.8, 4) is 0 Å². The second kappa shape index (κ2) is 25.1. The van der Waals surface area contributed by atoms with Crippen molar-refractivity contribution in [1.82, 2.24) is 0 Å². The molecule has 10 unspecified atom stereocenters. The smallest absolute Gasteiger partial charge is 0.397 e. The number of carbonyl (C=O) groups is 1. The third kappa shape index (κ3) is 16.2. The fraction of sp³-hybridized carbons (Fsp3) is 0.971. The average molecular weight is 1170 g/mol. The quantitative estimate of drug-likeness (QED) is 0.0273. The van der Waals surface area contributed by atoms with Crippen molar-refractivity contribution < 1.29 is 167 Å². The van der Waals surface area contributed by atoms with Crippen LogP contribution in [0.5, 0.6) is 0 Å². The topological polar surface area (TPSA) is 535 Å². The Labute approximate surface area is 420 Å². The van der Waals surface area contributed by atoms with Gasteiger partial charge in [-0.15, -0.1) is 0 Å². The molecule has 5 rings (SSSR count). The molecule has 12 N–H and O–H groups in total. The number of aliphatic hydroxyl groups is 6. The van der Waals surface area contributed by atoms with Crippen molar-refractivity contribution in [1.29, 1.82) is 0 Å². The molecule has 5 heterocycles. The second-order valence-corrected chi connectivity index (χ2v) is 21.9. The molecule has 5 aliphatic heterocycles. The van der Waals surface area contributed by atoms with E-state index in [0.29, 0.717) is 0 Å². The zero-order chi connectivity index (χ0) is 55.7. The lowest BCUT2D eigenvalue weighted by Gasteiger charge is -2.50. The molecule has 5 saturated heterocycles. The Kier molecular flexibility index (Phi) is 21.4. The Hall–Kier alpha value is -1.77. The molecule has 5 aliphatic rings. The molecule has 0 spiro atoms. The molecule has 0 radical (unpaired) electrons. The molecule has 25 atom stereocenters. The van der Waals surface area contributed by atoms with E-state index in [1.165, 1.54) is 34.6 Å². The summed E-state index contributed by atoms with van der Waals surface area (Å²) in [4.78, 5) is 17.6. The van der Waals surface area contributed by atoms with Crippen LogP contribution in [0, 0.1) is 17.8 Å². The Morgan fingerprint density at radius 2 is 0.919 bits per heavy atom. The summed E-state index contributed by atoms with van der Waals surface area (Å²) in [5.74, 6) is -5.52. The summed E-state index contributed by atoms with van der Waals surface area (Å²) in [5.41, 5.74) is 0. The van der Waals surface area contributed by atoms with Crippen LogP contribution >= 0.6 is 0 Å². The predicted molar refractivity (Wildman–Crippen MR) is 223 cm³/mol. The van der Waals surface area contributed by atoms with Crippen molar-refractivity contribution in [2.75, 3.05) is 19.8 Å². The minimum absolute atomic E-state index is 0.792. The van der Waals surface area contributed by atoms with Crippen LogP contribution in [0.25, 0.3) is 0 Å². The van der Waals surface area contributed by atoms with Crippen LogP contribution in [-0.4, -0.2) is 254 Å². The molecule has 5 fully saturated rings. The van der Waals surface area contributed by atoms with Gasteiger partial charge in [-0.2, -0.15) is 38.6 Å². The molecule has 0 saturated carbocycles. The van der Waals surface area contributed by atoms with E-state index in [0.717, 1.165) is 0 Å². The van der Waals surface area contributed by atoms with Crippen molar-refractivity contribution >= 4 is 47.6 Å². The Bertz CT molecular complexity index is 2310. The molecular weight excluding hydrogens is 1110 g/mol. The van der Waals surface area contributed by atoms with E-state index >= 15 is 0 Å². The van der Waals surface area contributed by atoms with Gasteiger partial charge >= 0.3 is 47.6 Å². The fourth-order valence-corrected chi connectivity index (χ4v) is 9.94. The van der Waals surface area contributed by atoms with E-state index in [1.54, 1.807) is 0 Å². The van der Waals surface area contributed by atoms with Gasteiger partial charge in [0, 0.05) is 17.8 Å². The molecule has 0 aromatic carbocycles. The second-order valence-electron chi connectivity index (χ2n) is 17.6. The summed E-state index contributed by atoms with van der Waals surface area (Å²) in [6.45, 7) is 3.09. The number of rotatable bonds is 22. The first-order chi connectivity index (χ1) is 34.0. The lowest BCUT2D eigenvalue weighted by molar-refractivity contribution is -0.528. The van der Waals surface area contributed by atoms with Crippen LogP contribution in [0.4, 0.5) is 0 Å². The Morgan fingerprint density at radius 3 is 1.45 bits per heavy atom. The lowest BCUT2D eigenvalue weighted by atomic mass is 9.88. The van der Waals surface area contributed by atoms with Crippen molar-refractivity contribution in [3.63, 3.8) is 0 Å². The van der Waals surface area contributed by atoms with E-state index in [2.05, 4.69) is 17.6 Å². The number of hydrogen-bond donors (Lipinski definition) is 12. The van der Waals surface area contributed by atoms with Crippen LogP contribution in [0.1, 0.15) is 34.6 Å². The number of aliphatic carboxylic acids is 1. The van der Waals surface area contributed by atoms with E-state index in [1.807, 2.05) is 0 Å². The minimum atomic E-state index is -5.57. The van der Waals surface area contributed by atoms with Crippen molar-refractivity contribution in [2.45, 2.75) is 170 Å². The summed E-state index contributed by atoms with van der Waals surface area (Å²) >= 11 is 0. The van der Waals surface area contributed by atoms with Crippen LogP contribution < -0.4 is 0 Å². The van der Waals surface area contributed by atoms with Gasteiger partial charge in [0.05, 0.1) is 44.2 Å². The third-order valence-electron chi connectivity index (χ3n) is 12.6. The van der Waals surface area contributed by atoms with E-state index in [9.17, 15) is 88.6 Å². The van der Waals surface area contributed by atoms with Crippen molar-refractivity contribution in [2.24, 2.45) is 17.8 Å². The molecule has 0 aromatic rings. The maximum absolute atomic E-state index is 12.6. The first kappa shape index (κ1) is 63.1. The molecular formula is C34H58O36S4. The number of aliphatic hydroxyl groups excluding tert-OH is 6. The summed E-state index contributed by atoms with van der Waals surface area (Å²) in [6.07, 6.45) is -42.9. The lowest BCUT2D eigenvalue weighted by Crippen LogP contribution is -2.67. The van der Waals surface area contributed by atoms with E-state index in [-0.39, 0.29) is 0 Å². The highest BCUT2D eigenvalue weighted by Gasteiger charge is 2.58. The van der Waals surface area contributed by atoms with Crippen LogP contribution in [0.15, 0.2) is 0 Å². The fourth-order valence-electron chi connectivity index (χ4n) is 8.54. The molecule has 0 aromatic heterocycles. The monoisotopic (exact) mass is 1170 g/mol. The van der Waals surface area contributed by atoms with Gasteiger partial charge in [-0.1, -0.05) is 25.8 Å². The molecule has 74 heavy (non-hydrogen) atoms. The van der Waals surface area contributed by atoms with E-state index in [4.69, 9.17) is 60.8 Å². The summed E-state index contributed by atoms with van der Waals surface area (Å²) in [7, 11) is -21.2. The Morgan fingerprint density at radius 1 is 0.432 bits per heavy atom. The predicted octanol–water partition coefficient (Wildman–Crippen LogP) is -6.17. The van der Waals surface area contributed by atoms with Crippen molar-refractivity contribution in [3.05, 3.63) is 0 Å². The molecule has 0 aliphatic carbocycles. The van der Waals surface area contributed by atoms with Gasteiger partial charge < -0.3 is 78.4 Å². The van der Waals surface area contributed by atoms with E-state index < -0.39 is 220 Å². The zero-order valence-corrected chi connectivity index (χ0v) is 42.1. The normalized spacial score (nSPS) is 44.0. The summed E-state index contributed by atoms with van der Waals surface area (Å²) < 4.78 is 200. The zero-order valence-electron chi connectivity index (χ0n) is 38.9. The van der Waals surface area contributed by atoms with Gasteiger partial charge in [0.25, 0.3) is 0 Å². The molecule has 0 amide bonds. The highest BCUT2D eigenvalue weighted by molar-refractivity contribution is 7.81. The number of carboxylic acids is 1. The minimum Gasteiger partial charge on any atom is -0.479 e. The van der Waals surface area contributed by atoms with Crippen LogP contribution in [-0.2, 0) is 116 Å². The maximum atomic E-state index is 12.6. The van der Waals surface area contributed by atoms with Gasteiger partial charge in [0.2, 0.25) is 0 Å². The Balaban J connectivity index is 1.39. The number of ether oxygens (including phenoxy) is 9. The number of carboxylic acid groups (broad SMARTS) is 1.